The molecular formula is C85H139N13O25. The highest BCUT2D eigenvalue weighted by molar-refractivity contribution is 6.00. The molecule has 123 heavy (non-hydrogen) atoms. The quantitative estimate of drug-likeness (QED) is 0.0340. The van der Waals surface area contributed by atoms with Crippen LogP contribution in [-0.2, 0) is 92.4 Å². The maximum Gasteiger partial charge on any atom is 0.410 e. The third-order valence-corrected chi connectivity index (χ3v) is 18.9. The van der Waals surface area contributed by atoms with Crippen LogP contribution in [0.25, 0.3) is 0 Å². The van der Waals surface area contributed by atoms with Gasteiger partial charge in [0.1, 0.15) is 58.2 Å². The Labute approximate surface area is 722 Å². The summed E-state index contributed by atoms with van der Waals surface area (Å²) in [6, 6.07) is -3.30. The van der Waals surface area contributed by atoms with Gasteiger partial charge in [0.25, 0.3) is 0 Å². The number of benzene rings is 1. The predicted molar refractivity (Wildman–Crippen MR) is 450 cm³/mol. The molecule has 13 N–H and O–H groups in total. The highest BCUT2D eigenvalue weighted by atomic mass is 16.6. The molecule has 0 aliphatic carbocycles. The van der Waals surface area contributed by atoms with Gasteiger partial charge in [-0.25, -0.2) is 24.0 Å². The number of ether oxygens (including phenoxy) is 6. The van der Waals surface area contributed by atoms with Gasteiger partial charge in [-0.3, -0.25) is 57.5 Å². The largest absolute Gasteiger partial charge is 0.463 e. The van der Waals surface area contributed by atoms with E-state index in [-0.39, 0.29) is 64.2 Å². The summed E-state index contributed by atoms with van der Waals surface area (Å²) in [5.74, 6) is -16.7. The van der Waals surface area contributed by atoms with Gasteiger partial charge in [0.15, 0.2) is 17.3 Å². The maximum atomic E-state index is 15.5. The first kappa shape index (κ1) is 107. The number of carbonyl (C=O) groups is 17. The Balaban J connectivity index is 2.40. The SMILES string of the molecule is CCCC(C)OC(=O)CCC(=O)N1CCN(C(=O)OC(C)(C)C)CC1C(=O)C[C@H](C(=O)N[C@@H](CCNC(=O)OC(C)(C)C)C(=O)C[C@H]1CCNC(=O)[C@H](C(C)O)NC(=O)[C@H](CCNC(=O)OC(C)(C)C)CC(=O)[C@H](CCNC(=O)OC(C)(C)C)NC(=O)[C@H](CC(C)C)NC(=O)[C@@H](Cc2ccccc2)NC(=O)[C@H](CCNC(=O)OC(C)(C)C)NC1=O)C(C)O. The van der Waals surface area contributed by atoms with Gasteiger partial charge in [0.2, 0.25) is 47.3 Å². The van der Waals surface area contributed by atoms with Crippen LogP contribution in [0.1, 0.15) is 234 Å². The molecule has 2 saturated heterocycles. The molecule has 0 radical (unpaired) electrons. The summed E-state index contributed by atoms with van der Waals surface area (Å²) in [6.45, 7) is 30.5. The summed E-state index contributed by atoms with van der Waals surface area (Å²) in [4.78, 5) is 246. The molecule has 2 fully saturated rings. The number of nitrogens with one attached hydrogen (secondary N) is 11. The lowest BCUT2D eigenvalue weighted by Gasteiger charge is -2.41. The minimum Gasteiger partial charge on any atom is -0.463 e. The van der Waals surface area contributed by atoms with Gasteiger partial charge in [-0.15, -0.1) is 0 Å². The molecular weight excluding hydrogens is 1600 g/mol. The fraction of sp³-hybridized carbons (Fsp3) is 0.729. The Kier molecular flexibility index (Phi) is 43.4. The van der Waals surface area contributed by atoms with E-state index < -0.39 is 279 Å². The number of carbonyl (C=O) groups excluding carboxylic acids is 17. The number of amides is 13. The van der Waals surface area contributed by atoms with E-state index in [0.717, 1.165) is 11.8 Å². The van der Waals surface area contributed by atoms with Crippen molar-refractivity contribution in [2.24, 2.45) is 23.7 Å². The van der Waals surface area contributed by atoms with Crippen LogP contribution in [0.3, 0.4) is 0 Å². The van der Waals surface area contributed by atoms with Crippen molar-refractivity contribution in [3.05, 3.63) is 35.9 Å². The Hall–Kier alpha value is -10.3. The molecule has 2 aliphatic rings. The number of rotatable bonds is 32. The van der Waals surface area contributed by atoms with E-state index in [1.165, 1.54) is 11.8 Å². The fourth-order valence-electron chi connectivity index (χ4n) is 13.0. The second kappa shape index (κ2) is 49.9. The van der Waals surface area contributed by atoms with Crippen LogP contribution >= 0.6 is 0 Å². The van der Waals surface area contributed by atoms with Gasteiger partial charge in [-0.05, 0) is 181 Å². The molecule has 0 spiro atoms. The second-order valence-electron chi connectivity index (χ2n) is 36.7. The summed E-state index contributed by atoms with van der Waals surface area (Å²) in [7, 11) is 0. The fourth-order valence-corrected chi connectivity index (χ4v) is 13.0. The number of alkyl carbamates (subject to hydrolysis) is 4. The van der Waals surface area contributed by atoms with Crippen molar-refractivity contribution in [1.82, 2.24) is 68.3 Å². The number of hydrogen-bond donors (Lipinski definition) is 13. The maximum absolute atomic E-state index is 15.5. The normalized spacial score (nSPS) is 21.0. The Morgan fingerprint density at radius 3 is 1.53 bits per heavy atom. The lowest BCUT2D eigenvalue weighted by molar-refractivity contribution is -0.152. The molecule has 1 aromatic carbocycles. The van der Waals surface area contributed by atoms with E-state index in [4.69, 9.17) is 28.4 Å². The molecule has 0 saturated carbocycles. The summed E-state index contributed by atoms with van der Waals surface area (Å²) in [5, 5.41) is 51.4. The van der Waals surface area contributed by atoms with Crippen LogP contribution in [0.4, 0.5) is 24.0 Å². The zero-order valence-corrected chi connectivity index (χ0v) is 75.7. The number of aliphatic hydroxyl groups excluding tert-OH is 2. The topological polar surface area (TPSA) is 525 Å². The van der Waals surface area contributed by atoms with E-state index in [1.807, 2.05) is 6.92 Å². The standard InChI is InChI=1S/C85H139N13O25/c1-22-26-50(4)118-67(105)30-29-66(104)98-42-41-97(80(117)123-85(19,20)21)48-62(98)65(103)47-56(51(5)99)71(108)91-57(33-38-88-77(114)120-82(10,11)12)63(101)45-54-31-36-86-75(112)68(52(6)100)96-70(107)55(32-37-87-76(113)119-81(7,8)9)46-64(102)58(34-39-89-78(115)121-83(13,14)15)92-73(110)60(43-49(2)3)94-74(111)61(44-53-27-24-23-25-28-53)95-72(109)59(93-69(54)106)35-40-90-79(116)122-84(16,17)18/h23-25,27-28,49-52,54-62,68,99-100H,22,26,29-48H2,1-21H3,(H,86,112)(H,87,113)(H,88,114)(H,89,115)(H,90,116)(H,91,108)(H,92,110)(H,93,106)(H,94,111)(H,95,109)(H,96,107)/t50?,51?,52?,54-,55-,56+,57+,58+,59+,60+,61-,62?,68+/m1/s1. The number of aliphatic hydroxyl groups is 2. The molecule has 2 heterocycles. The van der Waals surface area contributed by atoms with E-state index in [1.54, 1.807) is 155 Å². The van der Waals surface area contributed by atoms with E-state index in [0.29, 0.717) is 18.4 Å². The zero-order chi connectivity index (χ0) is 93.2. The predicted octanol–water partition coefficient (Wildman–Crippen LogP) is 4.81. The van der Waals surface area contributed by atoms with Crippen LogP contribution in [0.5, 0.6) is 0 Å². The lowest BCUT2D eigenvalue weighted by Crippen LogP contribution is -2.60. The Morgan fingerprint density at radius 2 is 1.02 bits per heavy atom. The second-order valence-corrected chi connectivity index (χ2v) is 36.7. The molecule has 4 unspecified atom stereocenters. The average molecular weight is 1740 g/mol. The summed E-state index contributed by atoms with van der Waals surface area (Å²) in [6.07, 6.45) is -13.1. The van der Waals surface area contributed by atoms with Crippen molar-refractivity contribution in [1.29, 1.82) is 0 Å². The molecule has 2 aliphatic heterocycles. The van der Waals surface area contributed by atoms with Gasteiger partial charge in [-0.1, -0.05) is 57.5 Å². The third kappa shape index (κ3) is 42.6. The molecule has 3 rings (SSSR count). The Bertz CT molecular complexity index is 3750. The average Bonchev–Trinajstić information content (AvgIpc) is 0.899. The van der Waals surface area contributed by atoms with Crippen LogP contribution < -0.4 is 58.5 Å². The molecule has 38 nitrogen and oxygen atoms in total. The van der Waals surface area contributed by atoms with Crippen molar-refractivity contribution >= 4 is 101 Å². The highest BCUT2D eigenvalue weighted by Crippen LogP contribution is 2.25. The summed E-state index contributed by atoms with van der Waals surface area (Å²) in [5.41, 5.74) is -4.54. The van der Waals surface area contributed by atoms with Crippen LogP contribution in [0.15, 0.2) is 30.3 Å². The van der Waals surface area contributed by atoms with Crippen molar-refractivity contribution in [2.75, 3.05) is 52.4 Å². The minimum absolute atomic E-state index is 0.104. The van der Waals surface area contributed by atoms with Crippen molar-refractivity contribution < 1.29 is 120 Å². The van der Waals surface area contributed by atoms with Crippen molar-refractivity contribution in [3.8, 4) is 0 Å². The molecule has 0 aromatic heterocycles. The monoisotopic (exact) mass is 1740 g/mol. The van der Waals surface area contributed by atoms with Gasteiger partial charge in [0, 0.05) is 89.8 Å². The van der Waals surface area contributed by atoms with E-state index in [9.17, 15) is 63.0 Å². The molecule has 13 atom stereocenters. The van der Waals surface area contributed by atoms with Crippen LogP contribution in [0, 0.1) is 23.7 Å². The first-order valence-corrected chi connectivity index (χ1v) is 42.4. The smallest absolute Gasteiger partial charge is 0.410 e. The van der Waals surface area contributed by atoms with Crippen LogP contribution in [0.2, 0.25) is 0 Å². The summed E-state index contributed by atoms with van der Waals surface area (Å²) < 4.78 is 32.8. The number of ketones is 3. The van der Waals surface area contributed by atoms with Gasteiger partial charge in [0.05, 0.1) is 49.3 Å². The molecule has 694 valence electrons. The minimum atomic E-state index is -1.88. The van der Waals surface area contributed by atoms with E-state index >= 15 is 28.8 Å². The first-order chi connectivity index (χ1) is 56.9. The number of hydrogen-bond acceptors (Lipinski definition) is 25. The lowest BCUT2D eigenvalue weighted by atomic mass is 9.90. The third-order valence-electron chi connectivity index (χ3n) is 18.9. The van der Waals surface area contributed by atoms with E-state index in [2.05, 4.69) is 58.5 Å². The van der Waals surface area contributed by atoms with Crippen molar-refractivity contribution in [3.63, 3.8) is 0 Å². The number of piperazine rings is 1. The summed E-state index contributed by atoms with van der Waals surface area (Å²) >= 11 is 0. The number of nitrogens with zero attached hydrogens (tertiary/aromatic N) is 2. The molecule has 0 bridgehead atoms. The highest BCUT2D eigenvalue weighted by Gasteiger charge is 2.43. The Morgan fingerprint density at radius 1 is 0.537 bits per heavy atom. The molecule has 38 heteroatoms. The number of Topliss-reactive ketones (excluding diaryl/α,β-unsaturated/α-hetero) is 3. The molecule has 13 amide bonds. The first-order valence-electron chi connectivity index (χ1n) is 42.4. The zero-order valence-electron chi connectivity index (χ0n) is 75.7. The van der Waals surface area contributed by atoms with Gasteiger partial charge in [-0.2, -0.15) is 0 Å². The van der Waals surface area contributed by atoms with Crippen molar-refractivity contribution in [2.45, 2.75) is 324 Å². The van der Waals surface area contributed by atoms with Gasteiger partial charge >= 0.3 is 36.4 Å². The van der Waals surface area contributed by atoms with Gasteiger partial charge < -0.3 is 107 Å². The number of esters is 1. The molecule has 1 aromatic rings. The van der Waals surface area contributed by atoms with Crippen LogP contribution in [-0.4, -0.2) is 262 Å².